The zero-order chi connectivity index (χ0) is 19.3. The Morgan fingerprint density at radius 1 is 1.31 bits per heavy atom. The van der Waals surface area contributed by atoms with Gasteiger partial charge < -0.3 is 15.0 Å². The van der Waals surface area contributed by atoms with Gasteiger partial charge in [0, 0.05) is 23.8 Å². The average molecular weight is 372 g/mol. The molecule has 0 bridgehead atoms. The van der Waals surface area contributed by atoms with E-state index >= 15 is 0 Å². The fourth-order valence-electron chi connectivity index (χ4n) is 2.95. The number of nitrogens with zero attached hydrogens (tertiary/aromatic N) is 1. The SMILES string of the molecule is Cc1cc(C(=O)N2CCCCC2C)ccc1NC(=O)COCC(F)(F)F. The molecule has 1 saturated heterocycles. The van der Waals surface area contributed by atoms with Crippen molar-refractivity contribution in [2.45, 2.75) is 45.3 Å². The van der Waals surface area contributed by atoms with Gasteiger partial charge in [-0.15, -0.1) is 0 Å². The first-order chi connectivity index (χ1) is 12.2. The summed E-state index contributed by atoms with van der Waals surface area (Å²) in [7, 11) is 0. The van der Waals surface area contributed by atoms with E-state index in [2.05, 4.69) is 10.1 Å². The minimum absolute atomic E-state index is 0.0494. The van der Waals surface area contributed by atoms with Gasteiger partial charge in [-0.3, -0.25) is 9.59 Å². The molecule has 2 amide bonds. The molecule has 1 aromatic rings. The van der Waals surface area contributed by atoms with Gasteiger partial charge in [-0.25, -0.2) is 0 Å². The Balaban J connectivity index is 1.96. The minimum Gasteiger partial charge on any atom is -0.362 e. The quantitative estimate of drug-likeness (QED) is 0.860. The number of carbonyl (C=O) groups is 2. The highest BCUT2D eigenvalue weighted by molar-refractivity contribution is 5.97. The number of ether oxygens (including phenoxy) is 1. The van der Waals surface area contributed by atoms with Crippen LogP contribution in [0.5, 0.6) is 0 Å². The second kappa shape index (κ2) is 8.53. The van der Waals surface area contributed by atoms with Crippen molar-refractivity contribution in [3.05, 3.63) is 29.3 Å². The van der Waals surface area contributed by atoms with Crippen molar-refractivity contribution in [1.82, 2.24) is 4.90 Å². The van der Waals surface area contributed by atoms with E-state index in [0.717, 1.165) is 25.8 Å². The molecule has 0 spiro atoms. The van der Waals surface area contributed by atoms with Gasteiger partial charge in [-0.05, 0) is 56.9 Å². The maximum absolute atomic E-state index is 12.6. The lowest BCUT2D eigenvalue weighted by molar-refractivity contribution is -0.174. The maximum atomic E-state index is 12.6. The molecular weight excluding hydrogens is 349 g/mol. The Bertz CT molecular complexity index is 662. The molecule has 1 heterocycles. The molecule has 26 heavy (non-hydrogen) atoms. The van der Waals surface area contributed by atoms with E-state index in [9.17, 15) is 22.8 Å². The lowest BCUT2D eigenvalue weighted by atomic mass is 10.0. The van der Waals surface area contributed by atoms with Crippen molar-refractivity contribution in [2.75, 3.05) is 25.1 Å². The van der Waals surface area contributed by atoms with Gasteiger partial charge in [-0.1, -0.05) is 0 Å². The summed E-state index contributed by atoms with van der Waals surface area (Å²) in [6, 6.07) is 5.07. The number of anilines is 1. The summed E-state index contributed by atoms with van der Waals surface area (Å²) in [5, 5.41) is 2.49. The highest BCUT2D eigenvalue weighted by Gasteiger charge is 2.28. The average Bonchev–Trinajstić information content (AvgIpc) is 2.55. The predicted octanol–water partition coefficient (Wildman–Crippen LogP) is 3.53. The van der Waals surface area contributed by atoms with Crippen molar-refractivity contribution >= 4 is 17.5 Å². The fraction of sp³-hybridized carbons (Fsp3) is 0.556. The van der Waals surface area contributed by atoms with Gasteiger partial charge in [0.15, 0.2) is 0 Å². The molecule has 8 heteroatoms. The second-order valence-electron chi connectivity index (χ2n) is 6.53. The van der Waals surface area contributed by atoms with Crippen LogP contribution in [0.2, 0.25) is 0 Å². The number of aryl methyl sites for hydroxylation is 1. The Kier molecular flexibility index (Phi) is 6.63. The Labute approximate surface area is 150 Å². The summed E-state index contributed by atoms with van der Waals surface area (Å²) < 4.78 is 40.3. The number of rotatable bonds is 5. The largest absolute Gasteiger partial charge is 0.411 e. The summed E-state index contributed by atoms with van der Waals surface area (Å²) >= 11 is 0. The summed E-state index contributed by atoms with van der Waals surface area (Å²) in [6.07, 6.45) is -1.38. The number of piperidine rings is 1. The molecule has 0 aliphatic carbocycles. The van der Waals surface area contributed by atoms with Crippen LogP contribution in [0.25, 0.3) is 0 Å². The van der Waals surface area contributed by atoms with E-state index in [1.807, 2.05) is 11.8 Å². The van der Waals surface area contributed by atoms with Crippen molar-refractivity contribution in [2.24, 2.45) is 0 Å². The van der Waals surface area contributed by atoms with Gasteiger partial charge >= 0.3 is 6.18 Å². The minimum atomic E-state index is -4.47. The van der Waals surface area contributed by atoms with Crippen molar-refractivity contribution in [3.8, 4) is 0 Å². The van der Waals surface area contributed by atoms with Gasteiger partial charge in [0.2, 0.25) is 5.91 Å². The van der Waals surface area contributed by atoms with Crippen LogP contribution < -0.4 is 5.32 Å². The molecule has 5 nitrogen and oxygen atoms in total. The third-order valence-corrected chi connectivity index (χ3v) is 4.31. The highest BCUT2D eigenvalue weighted by Crippen LogP contribution is 2.22. The topological polar surface area (TPSA) is 58.6 Å². The monoisotopic (exact) mass is 372 g/mol. The van der Waals surface area contributed by atoms with E-state index in [4.69, 9.17) is 0 Å². The highest BCUT2D eigenvalue weighted by atomic mass is 19.4. The third kappa shape index (κ3) is 5.72. The smallest absolute Gasteiger partial charge is 0.362 e. The molecule has 1 aliphatic rings. The van der Waals surface area contributed by atoms with Crippen molar-refractivity contribution < 1.29 is 27.5 Å². The molecule has 144 valence electrons. The second-order valence-corrected chi connectivity index (χ2v) is 6.53. The number of alkyl halides is 3. The number of benzene rings is 1. The summed E-state index contributed by atoms with van der Waals surface area (Å²) in [5.41, 5.74) is 1.63. The molecular formula is C18H23F3N2O3. The molecule has 0 aromatic heterocycles. The Morgan fingerprint density at radius 3 is 2.65 bits per heavy atom. The first-order valence-corrected chi connectivity index (χ1v) is 8.53. The first kappa shape index (κ1) is 20.2. The molecule has 1 aromatic carbocycles. The first-order valence-electron chi connectivity index (χ1n) is 8.53. The van der Waals surface area contributed by atoms with E-state index < -0.39 is 25.3 Å². The van der Waals surface area contributed by atoms with Crippen LogP contribution in [0.4, 0.5) is 18.9 Å². The summed E-state index contributed by atoms with van der Waals surface area (Å²) in [4.78, 5) is 26.2. The Morgan fingerprint density at radius 2 is 2.04 bits per heavy atom. The van der Waals surface area contributed by atoms with Gasteiger partial charge in [-0.2, -0.15) is 13.2 Å². The van der Waals surface area contributed by atoms with Crippen LogP contribution in [0.1, 0.15) is 42.1 Å². The normalized spacial score (nSPS) is 17.9. The van der Waals surface area contributed by atoms with Crippen LogP contribution in [-0.2, 0) is 9.53 Å². The molecule has 1 aliphatic heterocycles. The lowest BCUT2D eigenvalue weighted by Gasteiger charge is -2.33. The van der Waals surface area contributed by atoms with Crippen molar-refractivity contribution in [1.29, 1.82) is 0 Å². The van der Waals surface area contributed by atoms with Crippen LogP contribution in [0, 0.1) is 6.92 Å². The number of hydrogen-bond acceptors (Lipinski definition) is 3. The molecule has 0 radical (unpaired) electrons. The number of carbonyl (C=O) groups excluding carboxylic acids is 2. The van der Waals surface area contributed by atoms with Crippen LogP contribution in [-0.4, -0.2) is 48.7 Å². The number of nitrogens with one attached hydrogen (secondary N) is 1. The zero-order valence-corrected chi connectivity index (χ0v) is 14.9. The molecule has 2 rings (SSSR count). The number of hydrogen-bond donors (Lipinski definition) is 1. The van der Waals surface area contributed by atoms with Gasteiger partial charge in [0.1, 0.15) is 13.2 Å². The van der Waals surface area contributed by atoms with Crippen LogP contribution in [0.3, 0.4) is 0 Å². The predicted molar refractivity (Wildman–Crippen MR) is 91.0 cm³/mol. The number of amides is 2. The van der Waals surface area contributed by atoms with Gasteiger partial charge in [0.05, 0.1) is 0 Å². The summed E-state index contributed by atoms with van der Waals surface area (Å²) in [6.45, 7) is 2.32. The van der Waals surface area contributed by atoms with Gasteiger partial charge in [0.25, 0.3) is 5.91 Å². The zero-order valence-electron chi connectivity index (χ0n) is 14.9. The standard InChI is InChI=1S/C18H23F3N2O3/c1-12-9-14(17(25)23-8-4-3-5-13(23)2)6-7-15(12)22-16(24)10-26-11-18(19,20)21/h6-7,9,13H,3-5,8,10-11H2,1-2H3,(H,22,24). The number of likely N-dealkylation sites (tertiary alicyclic amines) is 1. The van der Waals surface area contributed by atoms with E-state index in [0.29, 0.717) is 16.8 Å². The van der Waals surface area contributed by atoms with Crippen LogP contribution in [0.15, 0.2) is 18.2 Å². The maximum Gasteiger partial charge on any atom is 0.411 e. The van der Waals surface area contributed by atoms with E-state index in [1.54, 1.807) is 25.1 Å². The van der Waals surface area contributed by atoms with Crippen LogP contribution >= 0.6 is 0 Å². The molecule has 1 fully saturated rings. The molecule has 1 N–H and O–H groups in total. The molecule has 0 saturated carbocycles. The number of halogens is 3. The van der Waals surface area contributed by atoms with E-state index in [1.165, 1.54) is 0 Å². The summed E-state index contributed by atoms with van der Waals surface area (Å²) in [5.74, 6) is -0.729. The lowest BCUT2D eigenvalue weighted by Crippen LogP contribution is -2.42. The third-order valence-electron chi connectivity index (χ3n) is 4.31. The van der Waals surface area contributed by atoms with E-state index in [-0.39, 0.29) is 11.9 Å². The van der Waals surface area contributed by atoms with Crippen molar-refractivity contribution in [3.63, 3.8) is 0 Å². The Hall–Kier alpha value is -2.09. The fourth-order valence-corrected chi connectivity index (χ4v) is 2.95. The molecule has 1 unspecified atom stereocenters. The molecule has 1 atom stereocenters.